The van der Waals surface area contributed by atoms with Gasteiger partial charge in [-0.1, -0.05) is 0 Å². The van der Waals surface area contributed by atoms with E-state index >= 15 is 0 Å². The number of hydrogen-bond donors (Lipinski definition) is 1. The molecule has 1 unspecified atom stereocenters. The molecule has 24 heavy (non-hydrogen) atoms. The fourth-order valence-corrected chi connectivity index (χ4v) is 3.63. The molecule has 2 aliphatic rings. The zero-order chi connectivity index (χ0) is 16.5. The van der Waals surface area contributed by atoms with Gasteiger partial charge in [0.25, 0.3) is 0 Å². The van der Waals surface area contributed by atoms with E-state index in [0.29, 0.717) is 0 Å². The standard InChI is InChI=1S/C18H23N5O/c1-22-8-9-23(11-14(22)12-24)18-15-5-2-6-16(15)20-17(21-18)13-4-3-7-19-10-13/h3-4,7,10,14,24H,2,5-6,8-9,11-12H2,1H3. The minimum atomic E-state index is 0.160. The van der Waals surface area contributed by atoms with Crippen LogP contribution in [0.25, 0.3) is 11.4 Å². The Morgan fingerprint density at radius 1 is 1.25 bits per heavy atom. The largest absolute Gasteiger partial charge is 0.395 e. The maximum atomic E-state index is 9.64. The van der Waals surface area contributed by atoms with Gasteiger partial charge in [-0.3, -0.25) is 9.88 Å². The van der Waals surface area contributed by atoms with E-state index in [1.54, 1.807) is 6.20 Å². The van der Waals surface area contributed by atoms with Crippen molar-refractivity contribution in [1.82, 2.24) is 19.9 Å². The number of rotatable bonds is 3. The predicted octanol–water partition coefficient (Wildman–Crippen LogP) is 1.14. The molecular formula is C18H23N5O. The van der Waals surface area contributed by atoms with Crippen LogP contribution in [0.5, 0.6) is 0 Å². The second kappa shape index (κ2) is 6.45. The van der Waals surface area contributed by atoms with Crippen molar-refractivity contribution in [3.05, 3.63) is 35.8 Å². The van der Waals surface area contributed by atoms with Crippen molar-refractivity contribution in [1.29, 1.82) is 0 Å². The first-order valence-corrected chi connectivity index (χ1v) is 8.62. The first kappa shape index (κ1) is 15.5. The summed E-state index contributed by atoms with van der Waals surface area (Å²) >= 11 is 0. The summed E-state index contributed by atoms with van der Waals surface area (Å²) in [5, 5.41) is 9.64. The van der Waals surface area contributed by atoms with Crippen LogP contribution in [0.4, 0.5) is 5.82 Å². The lowest BCUT2D eigenvalue weighted by Gasteiger charge is -2.39. The second-order valence-electron chi connectivity index (χ2n) is 6.65. The van der Waals surface area contributed by atoms with Gasteiger partial charge in [0.05, 0.1) is 12.6 Å². The maximum absolute atomic E-state index is 9.64. The number of hydrogen-bond acceptors (Lipinski definition) is 6. The highest BCUT2D eigenvalue weighted by Gasteiger charge is 2.29. The molecule has 0 spiro atoms. The van der Waals surface area contributed by atoms with Crippen molar-refractivity contribution in [2.75, 3.05) is 38.2 Å². The summed E-state index contributed by atoms with van der Waals surface area (Å²) < 4.78 is 0. The predicted molar refractivity (Wildman–Crippen MR) is 93.0 cm³/mol. The molecule has 0 radical (unpaired) electrons. The van der Waals surface area contributed by atoms with Gasteiger partial charge in [0.2, 0.25) is 0 Å². The molecule has 6 nitrogen and oxygen atoms in total. The van der Waals surface area contributed by atoms with Crippen LogP contribution in [-0.2, 0) is 12.8 Å². The van der Waals surface area contributed by atoms with E-state index in [0.717, 1.165) is 56.1 Å². The highest BCUT2D eigenvalue weighted by Crippen LogP contribution is 2.32. The molecule has 2 aromatic rings. The second-order valence-corrected chi connectivity index (χ2v) is 6.65. The number of aromatic nitrogens is 3. The van der Waals surface area contributed by atoms with E-state index in [1.807, 2.05) is 18.3 Å². The van der Waals surface area contributed by atoms with Crippen molar-refractivity contribution in [3.63, 3.8) is 0 Å². The van der Waals surface area contributed by atoms with Crippen LogP contribution in [-0.4, -0.2) is 64.3 Å². The van der Waals surface area contributed by atoms with Crippen LogP contribution in [0.1, 0.15) is 17.7 Å². The summed E-state index contributed by atoms with van der Waals surface area (Å²) in [6.45, 7) is 2.85. The summed E-state index contributed by atoms with van der Waals surface area (Å²) in [4.78, 5) is 18.4. The van der Waals surface area contributed by atoms with Gasteiger partial charge in [0.1, 0.15) is 5.82 Å². The minimum Gasteiger partial charge on any atom is -0.395 e. The molecule has 0 saturated carbocycles. The number of aryl methyl sites for hydroxylation is 1. The number of piperazine rings is 1. The summed E-state index contributed by atoms with van der Waals surface area (Å²) in [6, 6.07) is 4.09. The van der Waals surface area contributed by atoms with Gasteiger partial charge in [-0.25, -0.2) is 9.97 Å². The number of anilines is 1. The normalized spacial score (nSPS) is 21.1. The maximum Gasteiger partial charge on any atom is 0.163 e. The van der Waals surface area contributed by atoms with E-state index in [2.05, 4.69) is 21.8 Å². The summed E-state index contributed by atoms with van der Waals surface area (Å²) in [6.07, 6.45) is 6.80. The Labute approximate surface area is 142 Å². The Hall–Kier alpha value is -2.05. The number of pyridine rings is 1. The molecule has 1 N–H and O–H groups in total. The van der Waals surface area contributed by atoms with Crippen molar-refractivity contribution in [2.24, 2.45) is 0 Å². The Morgan fingerprint density at radius 3 is 2.96 bits per heavy atom. The van der Waals surface area contributed by atoms with Crippen LogP contribution in [0, 0.1) is 0 Å². The molecule has 1 aliphatic heterocycles. The van der Waals surface area contributed by atoms with E-state index in [9.17, 15) is 5.11 Å². The van der Waals surface area contributed by atoms with E-state index < -0.39 is 0 Å². The molecular weight excluding hydrogens is 302 g/mol. The molecule has 3 heterocycles. The average Bonchev–Trinajstić information content (AvgIpc) is 3.11. The quantitative estimate of drug-likeness (QED) is 0.913. The van der Waals surface area contributed by atoms with Gasteiger partial charge in [-0.2, -0.15) is 0 Å². The van der Waals surface area contributed by atoms with Gasteiger partial charge in [-0.05, 0) is 38.4 Å². The molecule has 0 amide bonds. The fourth-order valence-electron chi connectivity index (χ4n) is 3.63. The van der Waals surface area contributed by atoms with E-state index in [1.165, 1.54) is 11.3 Å². The van der Waals surface area contributed by atoms with Crippen LogP contribution >= 0.6 is 0 Å². The lowest BCUT2D eigenvalue weighted by atomic mass is 10.1. The Bertz CT molecular complexity index is 721. The molecule has 1 aliphatic carbocycles. The van der Waals surface area contributed by atoms with Gasteiger partial charge in [0, 0.05) is 48.8 Å². The monoisotopic (exact) mass is 325 g/mol. The van der Waals surface area contributed by atoms with Crippen molar-refractivity contribution in [3.8, 4) is 11.4 Å². The van der Waals surface area contributed by atoms with Crippen LogP contribution in [0.3, 0.4) is 0 Å². The van der Waals surface area contributed by atoms with Crippen LogP contribution in [0.2, 0.25) is 0 Å². The average molecular weight is 325 g/mol. The molecule has 0 bridgehead atoms. The SMILES string of the molecule is CN1CCN(c2nc(-c3cccnc3)nc3c2CCC3)CC1CO. The summed E-state index contributed by atoms with van der Waals surface area (Å²) in [7, 11) is 2.07. The number of nitrogens with zero attached hydrogens (tertiary/aromatic N) is 5. The van der Waals surface area contributed by atoms with Crippen LogP contribution < -0.4 is 4.90 Å². The van der Waals surface area contributed by atoms with Crippen molar-refractivity contribution in [2.45, 2.75) is 25.3 Å². The third-order valence-electron chi connectivity index (χ3n) is 5.12. The van der Waals surface area contributed by atoms with Gasteiger partial charge in [0.15, 0.2) is 5.82 Å². The van der Waals surface area contributed by atoms with E-state index in [-0.39, 0.29) is 12.6 Å². The first-order valence-electron chi connectivity index (χ1n) is 8.62. The summed E-state index contributed by atoms with van der Waals surface area (Å²) in [5.41, 5.74) is 3.43. The minimum absolute atomic E-state index is 0.160. The first-order chi connectivity index (χ1) is 11.8. The van der Waals surface area contributed by atoms with Crippen molar-refractivity contribution < 1.29 is 5.11 Å². The number of aliphatic hydroxyl groups excluding tert-OH is 1. The Balaban J connectivity index is 1.73. The topological polar surface area (TPSA) is 65.4 Å². The highest BCUT2D eigenvalue weighted by molar-refractivity contribution is 5.61. The highest BCUT2D eigenvalue weighted by atomic mass is 16.3. The lowest BCUT2D eigenvalue weighted by Crippen LogP contribution is -2.53. The molecule has 1 atom stereocenters. The zero-order valence-corrected chi connectivity index (χ0v) is 14.0. The third kappa shape index (κ3) is 2.76. The van der Waals surface area contributed by atoms with Crippen LogP contribution in [0.15, 0.2) is 24.5 Å². The van der Waals surface area contributed by atoms with Gasteiger partial charge < -0.3 is 10.0 Å². The molecule has 0 aromatic carbocycles. The number of aliphatic hydroxyl groups is 1. The smallest absolute Gasteiger partial charge is 0.163 e. The fraction of sp³-hybridized carbons (Fsp3) is 0.500. The third-order valence-corrected chi connectivity index (χ3v) is 5.12. The molecule has 1 fully saturated rings. The number of fused-ring (bicyclic) bond motifs is 1. The Morgan fingerprint density at radius 2 is 2.17 bits per heavy atom. The molecule has 6 heteroatoms. The molecule has 126 valence electrons. The zero-order valence-electron chi connectivity index (χ0n) is 14.0. The molecule has 2 aromatic heterocycles. The van der Waals surface area contributed by atoms with Gasteiger partial charge >= 0.3 is 0 Å². The molecule has 1 saturated heterocycles. The Kier molecular flexibility index (Phi) is 4.16. The molecule has 4 rings (SSSR count). The van der Waals surface area contributed by atoms with Crippen molar-refractivity contribution >= 4 is 5.82 Å². The lowest BCUT2D eigenvalue weighted by molar-refractivity contribution is 0.135. The number of likely N-dealkylation sites (N-methyl/N-ethyl adjacent to an activating group) is 1. The van der Waals surface area contributed by atoms with E-state index in [4.69, 9.17) is 9.97 Å². The van der Waals surface area contributed by atoms with Gasteiger partial charge in [-0.15, -0.1) is 0 Å². The summed E-state index contributed by atoms with van der Waals surface area (Å²) in [5.74, 6) is 1.82.